The number of aliphatic hydroxyl groups is 1. The monoisotopic (exact) mass is 301 g/mol. The molecule has 2 atom stereocenters. The van der Waals surface area contributed by atoms with Crippen LogP contribution in [0.1, 0.15) is 26.7 Å². The highest BCUT2D eigenvalue weighted by Crippen LogP contribution is 2.17. The Bertz CT molecular complexity index is 399. The van der Waals surface area contributed by atoms with E-state index in [2.05, 4.69) is 10.6 Å². The third kappa shape index (κ3) is 6.09. The number of aliphatic hydroxyl groups excluding tert-OH is 1. The van der Waals surface area contributed by atoms with Gasteiger partial charge >= 0.3 is 12.0 Å². The number of rotatable bonds is 6. The molecule has 0 aromatic carbocycles. The first-order chi connectivity index (χ1) is 9.79. The van der Waals surface area contributed by atoms with Crippen LogP contribution in [-0.2, 0) is 9.59 Å². The number of carbonyl (C=O) groups excluding carboxylic acids is 2. The predicted molar refractivity (Wildman–Crippen MR) is 74.6 cm³/mol. The van der Waals surface area contributed by atoms with E-state index in [0.717, 1.165) is 6.42 Å². The largest absolute Gasteiger partial charge is 0.480 e. The molecule has 120 valence electrons. The normalized spacial score (nSPS) is 22.3. The maximum Gasteiger partial charge on any atom is 0.321 e. The number of nitrogens with zero attached hydrogens (tertiary/aromatic N) is 1. The van der Waals surface area contributed by atoms with Gasteiger partial charge in [0.2, 0.25) is 5.91 Å². The topological polar surface area (TPSA) is 119 Å². The minimum atomic E-state index is -1.08. The Morgan fingerprint density at radius 3 is 2.57 bits per heavy atom. The van der Waals surface area contributed by atoms with Crippen molar-refractivity contribution in [1.82, 2.24) is 15.5 Å². The van der Waals surface area contributed by atoms with Gasteiger partial charge in [0.05, 0.1) is 12.6 Å². The molecule has 0 aromatic rings. The van der Waals surface area contributed by atoms with Crippen molar-refractivity contribution >= 4 is 17.9 Å². The van der Waals surface area contributed by atoms with Gasteiger partial charge in [0.15, 0.2) is 0 Å². The number of imide groups is 1. The van der Waals surface area contributed by atoms with Gasteiger partial charge in [-0.3, -0.25) is 19.8 Å². The van der Waals surface area contributed by atoms with Gasteiger partial charge in [0.25, 0.3) is 0 Å². The fourth-order valence-electron chi connectivity index (χ4n) is 2.18. The van der Waals surface area contributed by atoms with Gasteiger partial charge in [-0.15, -0.1) is 0 Å². The number of carbonyl (C=O) groups is 3. The van der Waals surface area contributed by atoms with Crippen LogP contribution >= 0.6 is 0 Å². The van der Waals surface area contributed by atoms with Crippen LogP contribution in [0.25, 0.3) is 0 Å². The summed E-state index contributed by atoms with van der Waals surface area (Å²) in [6, 6.07) is -1.48. The molecule has 0 spiro atoms. The molecule has 8 nitrogen and oxygen atoms in total. The van der Waals surface area contributed by atoms with Gasteiger partial charge in [0, 0.05) is 19.5 Å². The molecular weight excluding hydrogens is 278 g/mol. The van der Waals surface area contributed by atoms with Crippen LogP contribution in [0.4, 0.5) is 4.79 Å². The van der Waals surface area contributed by atoms with Crippen molar-refractivity contribution in [1.29, 1.82) is 0 Å². The zero-order valence-electron chi connectivity index (χ0n) is 12.3. The van der Waals surface area contributed by atoms with E-state index in [9.17, 15) is 19.5 Å². The summed E-state index contributed by atoms with van der Waals surface area (Å²) in [6.45, 7) is 4.40. The van der Waals surface area contributed by atoms with Gasteiger partial charge in [0.1, 0.15) is 6.04 Å². The molecule has 4 N–H and O–H groups in total. The van der Waals surface area contributed by atoms with Gasteiger partial charge in [-0.1, -0.05) is 13.8 Å². The zero-order chi connectivity index (χ0) is 16.0. The molecule has 8 heteroatoms. The molecule has 0 bridgehead atoms. The van der Waals surface area contributed by atoms with Crippen LogP contribution < -0.4 is 10.6 Å². The average molecular weight is 301 g/mol. The Morgan fingerprint density at radius 1 is 1.33 bits per heavy atom. The van der Waals surface area contributed by atoms with E-state index >= 15 is 0 Å². The van der Waals surface area contributed by atoms with Crippen molar-refractivity contribution in [2.45, 2.75) is 38.8 Å². The van der Waals surface area contributed by atoms with Crippen LogP contribution in [0.15, 0.2) is 0 Å². The molecule has 1 aliphatic rings. The second-order valence-corrected chi connectivity index (χ2v) is 5.66. The second-order valence-electron chi connectivity index (χ2n) is 5.66. The number of hydrogen-bond acceptors (Lipinski definition) is 5. The number of hydrogen-bond donors (Lipinski definition) is 4. The Labute approximate surface area is 123 Å². The number of amides is 3. The summed E-state index contributed by atoms with van der Waals surface area (Å²) >= 11 is 0. The molecule has 1 saturated heterocycles. The van der Waals surface area contributed by atoms with E-state index in [4.69, 9.17) is 5.11 Å². The predicted octanol–water partition coefficient (Wildman–Crippen LogP) is -0.622. The average Bonchev–Trinajstić information content (AvgIpc) is 2.69. The van der Waals surface area contributed by atoms with Crippen molar-refractivity contribution < 1.29 is 24.6 Å². The molecule has 0 saturated carbocycles. The standard InChI is InChI=1S/C13H23N3O5/c1-8(2)3-4-14-13(21)15-11(18)7-16-6-9(17)5-10(16)12(19)20/h8-10,17H,3-7H2,1-2H3,(H,19,20)(H2,14,15,18,21). The highest BCUT2D eigenvalue weighted by atomic mass is 16.4. The summed E-state index contributed by atoms with van der Waals surface area (Å²) < 4.78 is 0. The Hall–Kier alpha value is -1.67. The summed E-state index contributed by atoms with van der Waals surface area (Å²) in [5.74, 6) is -1.22. The molecule has 0 aromatic heterocycles. The molecule has 0 radical (unpaired) electrons. The first-order valence-corrected chi connectivity index (χ1v) is 7.02. The van der Waals surface area contributed by atoms with E-state index in [1.165, 1.54) is 4.90 Å². The highest BCUT2D eigenvalue weighted by molar-refractivity contribution is 5.95. The number of urea groups is 1. The molecular formula is C13H23N3O5. The van der Waals surface area contributed by atoms with Crippen molar-refractivity contribution in [2.24, 2.45) is 5.92 Å². The maximum atomic E-state index is 11.7. The summed E-state index contributed by atoms with van der Waals surface area (Å²) in [5.41, 5.74) is 0. The summed E-state index contributed by atoms with van der Waals surface area (Å²) in [7, 11) is 0. The summed E-state index contributed by atoms with van der Waals surface area (Å²) in [4.78, 5) is 35.5. The number of carboxylic acids is 1. The van der Waals surface area contributed by atoms with Crippen LogP contribution in [0.3, 0.4) is 0 Å². The van der Waals surface area contributed by atoms with Crippen LogP contribution in [0.2, 0.25) is 0 Å². The first-order valence-electron chi connectivity index (χ1n) is 7.02. The lowest BCUT2D eigenvalue weighted by molar-refractivity contribution is -0.142. The van der Waals surface area contributed by atoms with Crippen LogP contribution in [-0.4, -0.2) is 64.8 Å². The van der Waals surface area contributed by atoms with Gasteiger partial charge in [-0.25, -0.2) is 4.79 Å². The summed E-state index contributed by atoms with van der Waals surface area (Å²) in [6.07, 6.45) is 0.128. The highest BCUT2D eigenvalue weighted by Gasteiger charge is 2.36. The maximum absolute atomic E-state index is 11.7. The molecule has 1 rings (SSSR count). The smallest absolute Gasteiger partial charge is 0.321 e. The number of β-amino-alcohol motifs (C(OH)–C–C–N with tert-alkyl or cyclic N) is 1. The zero-order valence-corrected chi connectivity index (χ0v) is 12.3. The van der Waals surface area contributed by atoms with Gasteiger partial charge in [-0.2, -0.15) is 0 Å². The third-order valence-electron chi connectivity index (χ3n) is 3.27. The van der Waals surface area contributed by atoms with Crippen LogP contribution in [0, 0.1) is 5.92 Å². The second kappa shape index (κ2) is 7.94. The van der Waals surface area contributed by atoms with Crippen molar-refractivity contribution in [3.63, 3.8) is 0 Å². The first kappa shape index (κ1) is 17.4. The van der Waals surface area contributed by atoms with Crippen molar-refractivity contribution in [3.8, 4) is 0 Å². The lowest BCUT2D eigenvalue weighted by Crippen LogP contribution is -2.47. The van der Waals surface area contributed by atoms with Crippen LogP contribution in [0.5, 0.6) is 0 Å². The van der Waals surface area contributed by atoms with E-state index in [0.29, 0.717) is 12.5 Å². The fourth-order valence-corrected chi connectivity index (χ4v) is 2.18. The van der Waals surface area contributed by atoms with Crippen molar-refractivity contribution in [3.05, 3.63) is 0 Å². The molecule has 1 fully saturated rings. The Morgan fingerprint density at radius 2 is 2.00 bits per heavy atom. The lowest BCUT2D eigenvalue weighted by atomic mass is 10.1. The fraction of sp³-hybridized carbons (Fsp3) is 0.769. The van der Waals surface area contributed by atoms with Gasteiger partial charge in [-0.05, 0) is 12.3 Å². The van der Waals surface area contributed by atoms with E-state index < -0.39 is 30.1 Å². The molecule has 1 heterocycles. The number of aliphatic carboxylic acids is 1. The Balaban J connectivity index is 2.35. The Kier molecular flexibility index (Phi) is 6.57. The van der Waals surface area contributed by atoms with E-state index in [1.807, 2.05) is 13.8 Å². The van der Waals surface area contributed by atoms with E-state index in [1.54, 1.807) is 0 Å². The summed E-state index contributed by atoms with van der Waals surface area (Å²) in [5, 5.41) is 23.2. The minimum Gasteiger partial charge on any atom is -0.480 e. The minimum absolute atomic E-state index is 0.0865. The molecule has 0 aliphatic carbocycles. The quantitative estimate of drug-likeness (QED) is 0.519. The van der Waals surface area contributed by atoms with E-state index in [-0.39, 0.29) is 19.5 Å². The number of carboxylic acid groups (broad SMARTS) is 1. The number of nitrogens with one attached hydrogen (secondary N) is 2. The third-order valence-corrected chi connectivity index (χ3v) is 3.27. The SMILES string of the molecule is CC(C)CCNC(=O)NC(=O)CN1CC(O)CC1C(=O)O. The number of likely N-dealkylation sites (tertiary alicyclic amines) is 1. The lowest BCUT2D eigenvalue weighted by Gasteiger charge is -2.19. The van der Waals surface area contributed by atoms with Crippen molar-refractivity contribution in [2.75, 3.05) is 19.6 Å². The molecule has 2 unspecified atom stereocenters. The molecule has 1 aliphatic heterocycles. The molecule has 3 amide bonds. The molecule has 21 heavy (non-hydrogen) atoms. The van der Waals surface area contributed by atoms with Gasteiger partial charge < -0.3 is 15.5 Å².